The minimum absolute atomic E-state index is 0.0414. The van der Waals surface area contributed by atoms with Crippen molar-refractivity contribution in [2.75, 3.05) is 0 Å². The first-order valence-electron chi connectivity index (χ1n) is 4.84. The lowest BCUT2D eigenvalue weighted by Gasteiger charge is -2.02. The third kappa shape index (κ3) is 2.30. The summed E-state index contributed by atoms with van der Waals surface area (Å²) in [6.07, 6.45) is -2.30. The molecule has 0 atom stereocenters. The SMILES string of the molecule is Cc1cc(-c2nc(C(F)(F)F)co2)c(C)cn1. The Morgan fingerprint density at radius 2 is 1.94 bits per heavy atom. The molecule has 0 saturated carbocycles. The lowest BCUT2D eigenvalue weighted by atomic mass is 10.1. The number of oxazole rings is 1. The van der Waals surface area contributed by atoms with E-state index in [-0.39, 0.29) is 5.89 Å². The van der Waals surface area contributed by atoms with Gasteiger partial charge in [-0.3, -0.25) is 4.98 Å². The molecule has 0 bridgehead atoms. The van der Waals surface area contributed by atoms with Crippen LogP contribution in [0.15, 0.2) is 22.9 Å². The van der Waals surface area contributed by atoms with Gasteiger partial charge in [-0.1, -0.05) is 0 Å². The van der Waals surface area contributed by atoms with Crippen LogP contribution in [0.2, 0.25) is 0 Å². The minimum atomic E-state index is -4.49. The van der Waals surface area contributed by atoms with Crippen LogP contribution in [0.3, 0.4) is 0 Å². The molecule has 0 spiro atoms. The van der Waals surface area contributed by atoms with E-state index in [1.54, 1.807) is 26.1 Å². The molecule has 0 aliphatic heterocycles. The van der Waals surface area contributed by atoms with Crippen LogP contribution in [-0.2, 0) is 6.18 Å². The molecule has 90 valence electrons. The largest absolute Gasteiger partial charge is 0.444 e. The van der Waals surface area contributed by atoms with E-state index in [4.69, 9.17) is 4.42 Å². The van der Waals surface area contributed by atoms with Gasteiger partial charge in [0.15, 0.2) is 5.69 Å². The van der Waals surface area contributed by atoms with E-state index in [2.05, 4.69) is 9.97 Å². The Bertz CT molecular complexity index is 546. The maximum atomic E-state index is 12.4. The van der Waals surface area contributed by atoms with E-state index >= 15 is 0 Å². The summed E-state index contributed by atoms with van der Waals surface area (Å²) in [6.45, 7) is 3.48. The highest BCUT2D eigenvalue weighted by Gasteiger charge is 2.35. The van der Waals surface area contributed by atoms with Gasteiger partial charge in [-0.15, -0.1) is 0 Å². The summed E-state index contributed by atoms with van der Waals surface area (Å²) in [5.41, 5.74) is 0.901. The van der Waals surface area contributed by atoms with Crippen molar-refractivity contribution in [3.05, 3.63) is 35.5 Å². The summed E-state index contributed by atoms with van der Waals surface area (Å²) in [5.74, 6) is -0.0414. The second kappa shape index (κ2) is 3.87. The predicted molar refractivity (Wildman–Crippen MR) is 54.2 cm³/mol. The Morgan fingerprint density at radius 1 is 1.24 bits per heavy atom. The van der Waals surface area contributed by atoms with Crippen molar-refractivity contribution in [2.24, 2.45) is 0 Å². The highest BCUT2D eigenvalue weighted by Crippen LogP contribution is 2.31. The zero-order valence-electron chi connectivity index (χ0n) is 9.17. The number of nitrogens with zero attached hydrogens (tertiary/aromatic N) is 2. The van der Waals surface area contributed by atoms with Gasteiger partial charge < -0.3 is 4.42 Å². The fourth-order valence-corrected chi connectivity index (χ4v) is 1.39. The van der Waals surface area contributed by atoms with E-state index < -0.39 is 11.9 Å². The molecule has 3 nitrogen and oxygen atoms in total. The number of aromatic nitrogens is 2. The molecule has 2 aromatic heterocycles. The Morgan fingerprint density at radius 3 is 2.53 bits per heavy atom. The Labute approximate surface area is 95.3 Å². The lowest BCUT2D eigenvalue weighted by molar-refractivity contribution is -0.141. The van der Waals surface area contributed by atoms with Crippen molar-refractivity contribution < 1.29 is 17.6 Å². The van der Waals surface area contributed by atoms with Crippen LogP contribution in [0.5, 0.6) is 0 Å². The average Bonchev–Trinajstić information content (AvgIpc) is 2.70. The molecule has 6 heteroatoms. The topological polar surface area (TPSA) is 38.9 Å². The number of rotatable bonds is 1. The van der Waals surface area contributed by atoms with Crippen molar-refractivity contribution in [3.8, 4) is 11.5 Å². The molecule has 0 N–H and O–H groups in total. The Kier molecular flexibility index (Phi) is 2.65. The van der Waals surface area contributed by atoms with E-state index in [1.807, 2.05) is 0 Å². The number of halogens is 3. The van der Waals surface area contributed by atoms with Crippen LogP contribution in [0, 0.1) is 13.8 Å². The van der Waals surface area contributed by atoms with Crippen molar-refractivity contribution >= 4 is 0 Å². The molecule has 0 fully saturated rings. The molecule has 0 aromatic carbocycles. The monoisotopic (exact) mass is 242 g/mol. The molecule has 0 unspecified atom stereocenters. The molecule has 17 heavy (non-hydrogen) atoms. The van der Waals surface area contributed by atoms with E-state index in [1.165, 1.54) is 0 Å². The number of hydrogen-bond donors (Lipinski definition) is 0. The molecule has 2 heterocycles. The summed E-state index contributed by atoms with van der Waals surface area (Å²) in [7, 11) is 0. The van der Waals surface area contributed by atoms with Gasteiger partial charge in [0, 0.05) is 17.5 Å². The van der Waals surface area contributed by atoms with Crippen LogP contribution >= 0.6 is 0 Å². The molecule has 2 rings (SSSR count). The lowest BCUT2D eigenvalue weighted by Crippen LogP contribution is -2.04. The van der Waals surface area contributed by atoms with Crippen LogP contribution in [0.25, 0.3) is 11.5 Å². The van der Waals surface area contributed by atoms with E-state index in [0.717, 1.165) is 0 Å². The van der Waals surface area contributed by atoms with Crippen molar-refractivity contribution in [2.45, 2.75) is 20.0 Å². The zero-order valence-corrected chi connectivity index (χ0v) is 9.17. The van der Waals surface area contributed by atoms with Gasteiger partial charge >= 0.3 is 6.18 Å². The van der Waals surface area contributed by atoms with Crippen molar-refractivity contribution in [3.63, 3.8) is 0 Å². The zero-order chi connectivity index (χ0) is 12.6. The first kappa shape index (κ1) is 11.6. The van der Waals surface area contributed by atoms with Gasteiger partial charge in [0.05, 0.1) is 0 Å². The fraction of sp³-hybridized carbons (Fsp3) is 0.273. The van der Waals surface area contributed by atoms with Crippen LogP contribution in [0.1, 0.15) is 17.0 Å². The van der Waals surface area contributed by atoms with Gasteiger partial charge in [0.25, 0.3) is 0 Å². The van der Waals surface area contributed by atoms with Crippen molar-refractivity contribution in [1.82, 2.24) is 9.97 Å². The second-order valence-electron chi connectivity index (χ2n) is 3.68. The standard InChI is InChI=1S/C11H9F3N2O/c1-6-4-15-7(2)3-8(6)10-16-9(5-17-10)11(12,13)14/h3-5H,1-2H3. The highest BCUT2D eigenvalue weighted by atomic mass is 19.4. The Hall–Kier alpha value is -1.85. The second-order valence-corrected chi connectivity index (χ2v) is 3.68. The summed E-state index contributed by atoms with van der Waals surface area (Å²) < 4.78 is 41.9. The molecule has 0 amide bonds. The minimum Gasteiger partial charge on any atom is -0.444 e. The quantitative estimate of drug-likeness (QED) is 0.769. The number of alkyl halides is 3. The van der Waals surface area contributed by atoms with Gasteiger partial charge in [0.1, 0.15) is 6.26 Å². The number of aryl methyl sites for hydroxylation is 2. The van der Waals surface area contributed by atoms with Crippen LogP contribution in [-0.4, -0.2) is 9.97 Å². The molecule has 0 aliphatic rings. The third-order valence-corrected chi connectivity index (χ3v) is 2.26. The molecular formula is C11H9F3N2O. The predicted octanol–water partition coefficient (Wildman–Crippen LogP) is 3.37. The summed E-state index contributed by atoms with van der Waals surface area (Å²) in [5, 5.41) is 0. The maximum absolute atomic E-state index is 12.4. The van der Waals surface area contributed by atoms with Gasteiger partial charge in [-0.05, 0) is 25.5 Å². The normalized spacial score (nSPS) is 11.8. The third-order valence-electron chi connectivity index (χ3n) is 2.26. The summed E-state index contributed by atoms with van der Waals surface area (Å²) in [4.78, 5) is 7.46. The summed E-state index contributed by atoms with van der Waals surface area (Å²) >= 11 is 0. The molecule has 0 saturated heterocycles. The molecular weight excluding hydrogens is 233 g/mol. The number of hydrogen-bond acceptors (Lipinski definition) is 3. The van der Waals surface area contributed by atoms with Crippen molar-refractivity contribution in [1.29, 1.82) is 0 Å². The summed E-state index contributed by atoms with van der Waals surface area (Å²) in [6, 6.07) is 1.64. The van der Waals surface area contributed by atoms with Crippen LogP contribution in [0.4, 0.5) is 13.2 Å². The fourth-order valence-electron chi connectivity index (χ4n) is 1.39. The maximum Gasteiger partial charge on any atom is 0.436 e. The highest BCUT2D eigenvalue weighted by molar-refractivity contribution is 5.58. The first-order chi connectivity index (χ1) is 7.88. The van der Waals surface area contributed by atoms with Gasteiger partial charge in [-0.2, -0.15) is 13.2 Å². The molecule has 0 aliphatic carbocycles. The van der Waals surface area contributed by atoms with E-state index in [0.29, 0.717) is 23.1 Å². The Balaban J connectivity index is 2.47. The average molecular weight is 242 g/mol. The molecule has 0 radical (unpaired) electrons. The molecule has 2 aromatic rings. The van der Waals surface area contributed by atoms with Gasteiger partial charge in [-0.25, -0.2) is 4.98 Å². The van der Waals surface area contributed by atoms with Gasteiger partial charge in [0.2, 0.25) is 5.89 Å². The van der Waals surface area contributed by atoms with Crippen LogP contribution < -0.4 is 0 Å². The first-order valence-corrected chi connectivity index (χ1v) is 4.84. The number of pyridine rings is 1. The van der Waals surface area contributed by atoms with E-state index in [9.17, 15) is 13.2 Å². The smallest absolute Gasteiger partial charge is 0.436 e.